The predicted octanol–water partition coefficient (Wildman–Crippen LogP) is 3.55. The van der Waals surface area contributed by atoms with Gasteiger partial charge in [0.2, 0.25) is 0 Å². The molecule has 1 aromatic heterocycles. The van der Waals surface area contributed by atoms with Crippen LogP contribution in [0.3, 0.4) is 0 Å². The second-order valence-electron chi connectivity index (χ2n) is 6.25. The van der Waals surface area contributed by atoms with Gasteiger partial charge in [-0.15, -0.1) is 0 Å². The van der Waals surface area contributed by atoms with Gasteiger partial charge >= 0.3 is 0 Å². The van der Waals surface area contributed by atoms with E-state index in [9.17, 15) is 4.79 Å². The number of amides is 1. The Hall–Kier alpha value is -3.12. The standard InChI is InChI=1S/C20H20ClN5O/c1-13-3-5-15(6-4-13)12-26-19(21)18(14(2)25-26)11-23-24-20(27)16-7-9-17(22)10-8-16/h3-11H,12,22H2,1-2H3,(H,24,27)/b23-11-. The van der Waals surface area contributed by atoms with Crippen molar-refractivity contribution >= 4 is 29.4 Å². The Kier molecular flexibility index (Phi) is 5.57. The molecule has 7 heteroatoms. The van der Waals surface area contributed by atoms with Crippen molar-refractivity contribution < 1.29 is 4.79 Å². The summed E-state index contributed by atoms with van der Waals surface area (Å²) < 4.78 is 1.71. The van der Waals surface area contributed by atoms with Crippen molar-refractivity contribution in [2.24, 2.45) is 5.10 Å². The Morgan fingerprint density at radius 2 is 1.85 bits per heavy atom. The molecular weight excluding hydrogens is 362 g/mol. The van der Waals surface area contributed by atoms with Crippen molar-refractivity contribution in [3.05, 3.63) is 81.6 Å². The summed E-state index contributed by atoms with van der Waals surface area (Å²) in [6, 6.07) is 14.8. The van der Waals surface area contributed by atoms with E-state index in [1.165, 1.54) is 11.8 Å². The van der Waals surface area contributed by atoms with Crippen molar-refractivity contribution in [2.75, 3.05) is 5.73 Å². The minimum absolute atomic E-state index is 0.327. The first-order valence-electron chi connectivity index (χ1n) is 8.41. The van der Waals surface area contributed by atoms with Gasteiger partial charge in [-0.05, 0) is 43.7 Å². The van der Waals surface area contributed by atoms with Gasteiger partial charge in [0.25, 0.3) is 5.91 Å². The molecule has 0 aliphatic rings. The maximum absolute atomic E-state index is 12.1. The number of aromatic nitrogens is 2. The van der Waals surface area contributed by atoms with Crippen molar-refractivity contribution in [3.63, 3.8) is 0 Å². The second kappa shape index (κ2) is 8.05. The number of hydrogen-bond donors (Lipinski definition) is 2. The number of carbonyl (C=O) groups excluding carboxylic acids is 1. The first-order chi connectivity index (χ1) is 12.9. The van der Waals surface area contributed by atoms with Crippen LogP contribution in [0, 0.1) is 13.8 Å². The first kappa shape index (κ1) is 18.7. The molecule has 0 radical (unpaired) electrons. The lowest BCUT2D eigenvalue weighted by Gasteiger charge is -2.04. The third-order valence-electron chi connectivity index (χ3n) is 4.09. The fourth-order valence-corrected chi connectivity index (χ4v) is 2.82. The van der Waals surface area contributed by atoms with Crippen LogP contribution in [0.1, 0.15) is 32.7 Å². The van der Waals surface area contributed by atoms with Gasteiger partial charge in [-0.2, -0.15) is 10.2 Å². The van der Waals surface area contributed by atoms with E-state index < -0.39 is 0 Å². The number of hydrogen-bond acceptors (Lipinski definition) is 4. The maximum atomic E-state index is 12.1. The minimum atomic E-state index is -0.327. The molecule has 3 aromatic rings. The third kappa shape index (κ3) is 4.54. The van der Waals surface area contributed by atoms with Gasteiger partial charge in [-0.3, -0.25) is 4.79 Å². The summed E-state index contributed by atoms with van der Waals surface area (Å²) in [6.45, 7) is 4.45. The Labute approximate surface area is 162 Å². The minimum Gasteiger partial charge on any atom is -0.399 e. The lowest BCUT2D eigenvalue weighted by molar-refractivity contribution is 0.0955. The first-order valence-corrected chi connectivity index (χ1v) is 8.79. The highest BCUT2D eigenvalue weighted by Gasteiger charge is 2.12. The van der Waals surface area contributed by atoms with Gasteiger partial charge in [-0.1, -0.05) is 41.4 Å². The topological polar surface area (TPSA) is 85.3 Å². The van der Waals surface area contributed by atoms with Gasteiger partial charge in [0.15, 0.2) is 0 Å². The number of carbonyl (C=O) groups is 1. The number of benzene rings is 2. The van der Waals surface area contributed by atoms with E-state index in [2.05, 4.69) is 27.8 Å². The largest absolute Gasteiger partial charge is 0.399 e. The highest BCUT2D eigenvalue weighted by atomic mass is 35.5. The number of nitrogens with one attached hydrogen (secondary N) is 1. The SMILES string of the molecule is Cc1ccc(Cn2nc(C)c(/C=N\NC(=O)c3ccc(N)cc3)c2Cl)cc1. The highest BCUT2D eigenvalue weighted by Crippen LogP contribution is 2.19. The summed E-state index contributed by atoms with van der Waals surface area (Å²) in [5, 5.41) is 8.93. The summed E-state index contributed by atoms with van der Waals surface area (Å²) in [6.07, 6.45) is 1.51. The van der Waals surface area contributed by atoms with Gasteiger partial charge in [0.05, 0.1) is 24.0 Å². The lowest BCUT2D eigenvalue weighted by atomic mass is 10.1. The molecule has 0 spiro atoms. The zero-order valence-corrected chi connectivity index (χ0v) is 15.9. The molecule has 0 bridgehead atoms. The summed E-state index contributed by atoms with van der Waals surface area (Å²) in [7, 11) is 0. The van der Waals surface area contributed by atoms with Crippen LogP contribution in [0.2, 0.25) is 5.15 Å². The highest BCUT2D eigenvalue weighted by molar-refractivity contribution is 6.32. The quantitative estimate of drug-likeness (QED) is 0.402. The molecule has 3 rings (SSSR count). The summed E-state index contributed by atoms with van der Waals surface area (Å²) in [5.74, 6) is -0.327. The van der Waals surface area contributed by atoms with Gasteiger partial charge in [0, 0.05) is 11.3 Å². The molecule has 0 atom stereocenters. The zero-order valence-electron chi connectivity index (χ0n) is 15.1. The van der Waals surface area contributed by atoms with Crippen molar-refractivity contribution in [1.82, 2.24) is 15.2 Å². The Bertz CT molecular complexity index is 975. The van der Waals surface area contributed by atoms with Gasteiger partial charge in [-0.25, -0.2) is 10.1 Å². The smallest absolute Gasteiger partial charge is 0.271 e. The normalized spacial score (nSPS) is 11.1. The average molecular weight is 382 g/mol. The molecule has 1 heterocycles. The number of nitrogen functional groups attached to an aromatic ring is 1. The van der Waals surface area contributed by atoms with Crippen molar-refractivity contribution in [3.8, 4) is 0 Å². The van der Waals surface area contributed by atoms with Crippen LogP contribution in [0.4, 0.5) is 5.69 Å². The molecule has 3 N–H and O–H groups in total. The molecule has 0 aliphatic heterocycles. The maximum Gasteiger partial charge on any atom is 0.271 e. The molecule has 138 valence electrons. The Morgan fingerprint density at radius 1 is 1.19 bits per heavy atom. The predicted molar refractivity (Wildman–Crippen MR) is 108 cm³/mol. The van der Waals surface area contributed by atoms with E-state index in [0.717, 1.165) is 11.3 Å². The number of anilines is 1. The van der Waals surface area contributed by atoms with Crippen LogP contribution in [0.15, 0.2) is 53.6 Å². The number of nitrogens with zero attached hydrogens (tertiary/aromatic N) is 3. The van der Waals surface area contributed by atoms with Crippen LogP contribution in [-0.2, 0) is 6.54 Å². The summed E-state index contributed by atoms with van der Waals surface area (Å²) in [5.41, 5.74) is 12.9. The van der Waals surface area contributed by atoms with Gasteiger partial charge < -0.3 is 5.73 Å². The van der Waals surface area contributed by atoms with E-state index in [-0.39, 0.29) is 5.91 Å². The van der Waals surface area contributed by atoms with Crippen LogP contribution in [0.5, 0.6) is 0 Å². The fourth-order valence-electron chi connectivity index (χ4n) is 2.54. The van der Waals surface area contributed by atoms with Crippen LogP contribution in [0.25, 0.3) is 0 Å². The van der Waals surface area contributed by atoms with E-state index in [1.54, 1.807) is 28.9 Å². The van der Waals surface area contributed by atoms with Crippen LogP contribution in [-0.4, -0.2) is 21.9 Å². The van der Waals surface area contributed by atoms with E-state index in [0.29, 0.717) is 28.5 Å². The van der Waals surface area contributed by atoms with E-state index in [1.807, 2.05) is 26.0 Å². The molecule has 2 aromatic carbocycles. The van der Waals surface area contributed by atoms with Crippen LogP contribution >= 0.6 is 11.6 Å². The van der Waals surface area contributed by atoms with E-state index in [4.69, 9.17) is 17.3 Å². The number of rotatable bonds is 5. The molecule has 0 saturated carbocycles. The molecule has 0 fully saturated rings. The molecule has 27 heavy (non-hydrogen) atoms. The fraction of sp³-hybridized carbons (Fsp3) is 0.150. The molecule has 6 nitrogen and oxygen atoms in total. The monoisotopic (exact) mass is 381 g/mol. The molecular formula is C20H20ClN5O. The molecule has 0 unspecified atom stereocenters. The number of hydrazone groups is 1. The lowest BCUT2D eigenvalue weighted by Crippen LogP contribution is -2.17. The second-order valence-corrected chi connectivity index (χ2v) is 6.61. The van der Waals surface area contributed by atoms with Gasteiger partial charge in [0.1, 0.15) is 5.15 Å². The van der Waals surface area contributed by atoms with Crippen molar-refractivity contribution in [2.45, 2.75) is 20.4 Å². The number of nitrogens with two attached hydrogens (primary N) is 1. The molecule has 0 aliphatic carbocycles. The number of aryl methyl sites for hydroxylation is 2. The third-order valence-corrected chi connectivity index (χ3v) is 4.49. The molecule has 1 amide bonds. The molecule has 0 saturated heterocycles. The summed E-state index contributed by atoms with van der Waals surface area (Å²) in [4.78, 5) is 12.1. The van der Waals surface area contributed by atoms with Crippen LogP contribution < -0.4 is 11.2 Å². The Morgan fingerprint density at radius 3 is 2.52 bits per heavy atom. The average Bonchev–Trinajstić information content (AvgIpc) is 2.91. The zero-order chi connectivity index (χ0) is 19.4. The summed E-state index contributed by atoms with van der Waals surface area (Å²) >= 11 is 6.44. The number of halogens is 1. The van der Waals surface area contributed by atoms with Crippen molar-refractivity contribution in [1.29, 1.82) is 0 Å². The van der Waals surface area contributed by atoms with E-state index >= 15 is 0 Å². The Balaban J connectivity index is 1.70.